The van der Waals surface area contributed by atoms with Crippen LogP contribution in [0, 0.1) is 0 Å². The van der Waals surface area contributed by atoms with Gasteiger partial charge in [0.25, 0.3) is 0 Å². The molecule has 2 rings (SSSR count). The lowest BCUT2D eigenvalue weighted by Gasteiger charge is -2.00. The molecule has 1 aromatic carbocycles. The van der Waals surface area contributed by atoms with Crippen LogP contribution in [0.1, 0.15) is 0 Å². The van der Waals surface area contributed by atoms with Gasteiger partial charge in [-0.05, 0) is 18.2 Å². The Balaban J connectivity index is 2.88. The molecule has 0 aliphatic heterocycles. The molecule has 0 bridgehead atoms. The molecule has 0 amide bonds. The lowest BCUT2D eigenvalue weighted by molar-refractivity contribution is 0.474. The highest BCUT2D eigenvalue weighted by atomic mass is 16.3. The van der Waals surface area contributed by atoms with Crippen molar-refractivity contribution in [2.45, 2.75) is 0 Å². The highest BCUT2D eigenvalue weighted by Crippen LogP contribution is 2.22. The summed E-state index contributed by atoms with van der Waals surface area (Å²) in [7, 11) is 0. The van der Waals surface area contributed by atoms with Crippen molar-refractivity contribution in [3.8, 4) is 5.75 Å². The normalized spacial score (nSPS) is 10.3. The van der Waals surface area contributed by atoms with Crippen molar-refractivity contribution in [3.63, 3.8) is 0 Å². The van der Waals surface area contributed by atoms with Gasteiger partial charge in [-0.2, -0.15) is 0 Å². The van der Waals surface area contributed by atoms with Gasteiger partial charge in [-0.3, -0.25) is 4.98 Å². The second-order valence-corrected chi connectivity index (χ2v) is 2.61. The highest BCUT2D eigenvalue weighted by Gasteiger charge is 1.98. The maximum atomic E-state index is 9.14. The molecule has 0 spiro atoms. The summed E-state index contributed by atoms with van der Waals surface area (Å²) in [6.07, 6.45) is 1.40. The number of aromatic nitrogens is 1. The molecule has 0 saturated heterocycles. The molecule has 1 heterocycles. The topological polar surface area (TPSA) is 59.1 Å². The minimum absolute atomic E-state index is 0.139. The zero-order chi connectivity index (χ0) is 8.55. The van der Waals surface area contributed by atoms with Gasteiger partial charge in [0.15, 0.2) is 0 Å². The third kappa shape index (κ3) is 0.955. The van der Waals surface area contributed by atoms with E-state index in [0.717, 1.165) is 10.9 Å². The zero-order valence-corrected chi connectivity index (χ0v) is 6.36. The number of rotatable bonds is 0. The van der Waals surface area contributed by atoms with E-state index in [1.807, 2.05) is 12.1 Å². The summed E-state index contributed by atoms with van der Waals surface area (Å²) < 4.78 is 0. The molecule has 0 radical (unpaired) electrons. The Morgan fingerprint density at radius 1 is 1.33 bits per heavy atom. The van der Waals surface area contributed by atoms with Crippen LogP contribution in [-0.4, -0.2) is 10.1 Å². The Bertz CT molecular complexity index is 426. The molecule has 3 heteroatoms. The molecule has 3 N–H and O–H groups in total. The van der Waals surface area contributed by atoms with Gasteiger partial charge in [-0.15, -0.1) is 0 Å². The van der Waals surface area contributed by atoms with Crippen LogP contribution in [0.2, 0.25) is 0 Å². The van der Waals surface area contributed by atoms with Gasteiger partial charge < -0.3 is 10.8 Å². The first-order chi connectivity index (χ1) is 5.77. The Morgan fingerprint density at radius 2 is 2.17 bits per heavy atom. The third-order valence-corrected chi connectivity index (χ3v) is 1.74. The molecule has 12 heavy (non-hydrogen) atoms. The molecule has 0 fully saturated rings. The number of pyridine rings is 1. The summed E-state index contributed by atoms with van der Waals surface area (Å²) in [4.78, 5) is 4.01. The number of nitrogen functional groups attached to an aromatic ring is 1. The van der Waals surface area contributed by atoms with Gasteiger partial charge in [0.2, 0.25) is 0 Å². The predicted octanol–water partition coefficient (Wildman–Crippen LogP) is 1.52. The van der Waals surface area contributed by atoms with Crippen molar-refractivity contribution in [2.75, 3.05) is 5.73 Å². The van der Waals surface area contributed by atoms with E-state index in [4.69, 9.17) is 10.8 Å². The molecule has 60 valence electrons. The Morgan fingerprint density at radius 3 is 3.00 bits per heavy atom. The van der Waals surface area contributed by atoms with Crippen molar-refractivity contribution in [2.24, 2.45) is 0 Å². The van der Waals surface area contributed by atoms with Crippen LogP contribution in [0.3, 0.4) is 0 Å². The number of hydrogen-bond acceptors (Lipinski definition) is 3. The Hall–Kier alpha value is -1.77. The van der Waals surface area contributed by atoms with Gasteiger partial charge in [-0.25, -0.2) is 0 Å². The molecule has 0 unspecified atom stereocenters. The van der Waals surface area contributed by atoms with Gasteiger partial charge in [0.1, 0.15) is 5.75 Å². The van der Waals surface area contributed by atoms with E-state index in [9.17, 15) is 0 Å². The standard InChI is InChI=1S/C9H8N2O/c10-8-2-1-3-9-7(8)4-6(12)5-11-9/h1-5,12H,10H2. The SMILES string of the molecule is Nc1cccc2ncc(O)cc12. The average Bonchev–Trinajstić information content (AvgIpc) is 2.07. The van der Waals surface area contributed by atoms with E-state index in [-0.39, 0.29) is 5.75 Å². The lowest BCUT2D eigenvalue weighted by atomic mass is 10.2. The minimum atomic E-state index is 0.139. The van der Waals surface area contributed by atoms with Crippen LogP contribution in [0.4, 0.5) is 5.69 Å². The minimum Gasteiger partial charge on any atom is -0.506 e. The van der Waals surface area contributed by atoms with Gasteiger partial charge in [0, 0.05) is 11.1 Å². The van der Waals surface area contributed by atoms with E-state index in [2.05, 4.69) is 4.98 Å². The first kappa shape index (κ1) is 6.91. The van der Waals surface area contributed by atoms with E-state index in [1.165, 1.54) is 6.20 Å². The van der Waals surface area contributed by atoms with Gasteiger partial charge in [0.05, 0.1) is 11.7 Å². The second-order valence-electron chi connectivity index (χ2n) is 2.61. The summed E-state index contributed by atoms with van der Waals surface area (Å²) in [6.45, 7) is 0. The van der Waals surface area contributed by atoms with Gasteiger partial charge >= 0.3 is 0 Å². The summed E-state index contributed by atoms with van der Waals surface area (Å²) in [5.74, 6) is 0.139. The Labute approximate surface area is 69.5 Å². The molecular weight excluding hydrogens is 152 g/mol. The number of anilines is 1. The van der Waals surface area contributed by atoms with Crippen LogP contribution in [0.25, 0.3) is 10.9 Å². The van der Waals surface area contributed by atoms with Crippen LogP contribution in [0.5, 0.6) is 5.75 Å². The smallest absolute Gasteiger partial charge is 0.134 e. The first-order valence-corrected chi connectivity index (χ1v) is 3.60. The maximum absolute atomic E-state index is 9.14. The number of fused-ring (bicyclic) bond motifs is 1. The average molecular weight is 160 g/mol. The summed E-state index contributed by atoms with van der Waals surface area (Å²) in [5.41, 5.74) is 7.11. The van der Waals surface area contributed by atoms with E-state index >= 15 is 0 Å². The fourth-order valence-electron chi connectivity index (χ4n) is 1.16. The number of nitrogens with two attached hydrogens (primary N) is 1. The predicted molar refractivity (Wildman–Crippen MR) is 47.8 cm³/mol. The molecule has 0 aliphatic carbocycles. The zero-order valence-electron chi connectivity index (χ0n) is 6.36. The largest absolute Gasteiger partial charge is 0.506 e. The van der Waals surface area contributed by atoms with E-state index in [0.29, 0.717) is 5.69 Å². The fraction of sp³-hybridized carbons (Fsp3) is 0. The van der Waals surface area contributed by atoms with Crippen molar-refractivity contribution in [1.82, 2.24) is 4.98 Å². The van der Waals surface area contributed by atoms with Crippen LogP contribution < -0.4 is 5.73 Å². The molecule has 0 saturated carbocycles. The fourth-order valence-corrected chi connectivity index (χ4v) is 1.16. The van der Waals surface area contributed by atoms with Crippen molar-refractivity contribution >= 4 is 16.6 Å². The van der Waals surface area contributed by atoms with Crippen LogP contribution >= 0.6 is 0 Å². The Kier molecular flexibility index (Phi) is 1.37. The first-order valence-electron chi connectivity index (χ1n) is 3.60. The number of aromatic hydroxyl groups is 1. The molecule has 2 aromatic rings. The van der Waals surface area contributed by atoms with E-state index in [1.54, 1.807) is 12.1 Å². The van der Waals surface area contributed by atoms with Crippen LogP contribution in [0.15, 0.2) is 30.5 Å². The second kappa shape index (κ2) is 2.37. The highest BCUT2D eigenvalue weighted by molar-refractivity contribution is 5.90. The summed E-state index contributed by atoms with van der Waals surface area (Å²) in [5, 5.41) is 9.93. The maximum Gasteiger partial charge on any atom is 0.134 e. The van der Waals surface area contributed by atoms with Gasteiger partial charge in [-0.1, -0.05) is 6.07 Å². The molecule has 0 atom stereocenters. The summed E-state index contributed by atoms with van der Waals surface area (Å²) >= 11 is 0. The number of hydrogen-bond donors (Lipinski definition) is 2. The van der Waals surface area contributed by atoms with Crippen molar-refractivity contribution < 1.29 is 5.11 Å². The van der Waals surface area contributed by atoms with E-state index < -0.39 is 0 Å². The molecular formula is C9H8N2O. The molecule has 1 aromatic heterocycles. The van der Waals surface area contributed by atoms with Crippen LogP contribution in [-0.2, 0) is 0 Å². The van der Waals surface area contributed by atoms with Crippen molar-refractivity contribution in [3.05, 3.63) is 30.5 Å². The lowest BCUT2D eigenvalue weighted by Crippen LogP contribution is -1.87. The molecule has 3 nitrogen and oxygen atoms in total. The third-order valence-electron chi connectivity index (χ3n) is 1.74. The number of nitrogens with zero attached hydrogens (tertiary/aromatic N) is 1. The molecule has 0 aliphatic rings. The van der Waals surface area contributed by atoms with Crippen molar-refractivity contribution in [1.29, 1.82) is 0 Å². The summed E-state index contributed by atoms with van der Waals surface area (Å²) in [6, 6.07) is 7.08. The monoisotopic (exact) mass is 160 g/mol. The number of benzene rings is 1. The quantitative estimate of drug-likeness (QED) is 0.574.